The molecular formula is C20H27N3O2S. The minimum atomic E-state index is 0.0717. The lowest BCUT2D eigenvalue weighted by atomic mass is 10.1. The number of benzene rings is 1. The van der Waals surface area contributed by atoms with Gasteiger partial charge in [-0.1, -0.05) is 18.2 Å². The molecule has 0 radical (unpaired) electrons. The normalized spacial score (nSPS) is 14.3. The van der Waals surface area contributed by atoms with Crippen molar-refractivity contribution < 1.29 is 9.53 Å². The number of methoxy groups -OCH3 is 1. The molecule has 1 aliphatic heterocycles. The van der Waals surface area contributed by atoms with Crippen LogP contribution in [-0.2, 0) is 17.6 Å². The molecule has 3 rings (SSSR count). The largest absolute Gasteiger partial charge is 0.496 e. The van der Waals surface area contributed by atoms with Gasteiger partial charge in [-0.25, -0.2) is 4.98 Å². The number of hydrogen-bond acceptors (Lipinski definition) is 5. The number of aryl methyl sites for hydroxylation is 1. The van der Waals surface area contributed by atoms with E-state index in [0.29, 0.717) is 19.4 Å². The number of rotatable bonds is 8. The molecule has 1 amide bonds. The summed E-state index contributed by atoms with van der Waals surface area (Å²) in [7, 11) is 1.66. The molecule has 1 aromatic heterocycles. The molecule has 2 aromatic rings. The molecule has 0 bridgehead atoms. The lowest BCUT2D eigenvalue weighted by Gasteiger charge is -2.25. The number of carbonyl (C=O) groups is 1. The van der Waals surface area contributed by atoms with Gasteiger partial charge in [0.2, 0.25) is 5.91 Å². The molecule has 1 N–H and O–H groups in total. The molecule has 6 heteroatoms. The molecule has 0 spiro atoms. The zero-order valence-corrected chi connectivity index (χ0v) is 16.2. The van der Waals surface area contributed by atoms with Gasteiger partial charge in [-0.3, -0.25) is 4.79 Å². The number of nitrogens with one attached hydrogen (secondary N) is 1. The van der Waals surface area contributed by atoms with Gasteiger partial charge >= 0.3 is 0 Å². The average molecular weight is 374 g/mol. The van der Waals surface area contributed by atoms with Crippen molar-refractivity contribution in [3.8, 4) is 5.75 Å². The molecule has 1 aromatic carbocycles. The van der Waals surface area contributed by atoms with Gasteiger partial charge in [0, 0.05) is 37.9 Å². The summed E-state index contributed by atoms with van der Waals surface area (Å²) in [6.45, 7) is 2.87. The summed E-state index contributed by atoms with van der Waals surface area (Å²) < 4.78 is 5.33. The average Bonchev–Trinajstić information content (AvgIpc) is 3.16. The SMILES string of the molecule is COc1ccccc1CCC(=O)NCCc1csc(N2CCCCC2)n1. The molecule has 0 unspecified atom stereocenters. The van der Waals surface area contributed by atoms with Crippen molar-refractivity contribution in [1.82, 2.24) is 10.3 Å². The first-order valence-corrected chi connectivity index (χ1v) is 10.2. The highest BCUT2D eigenvalue weighted by molar-refractivity contribution is 7.13. The first-order valence-electron chi connectivity index (χ1n) is 9.34. The summed E-state index contributed by atoms with van der Waals surface area (Å²) in [6.07, 6.45) is 5.79. The highest BCUT2D eigenvalue weighted by Crippen LogP contribution is 2.24. The Kier molecular flexibility index (Phi) is 6.89. The van der Waals surface area contributed by atoms with Crippen LogP contribution in [0.4, 0.5) is 5.13 Å². The molecule has 140 valence electrons. The van der Waals surface area contributed by atoms with Gasteiger partial charge in [-0.2, -0.15) is 0 Å². The van der Waals surface area contributed by atoms with Crippen molar-refractivity contribution in [2.45, 2.75) is 38.5 Å². The lowest BCUT2D eigenvalue weighted by molar-refractivity contribution is -0.121. The number of piperidine rings is 1. The van der Waals surface area contributed by atoms with Crippen LogP contribution in [0.5, 0.6) is 5.75 Å². The Balaban J connectivity index is 1.39. The number of ether oxygens (including phenoxy) is 1. The van der Waals surface area contributed by atoms with Gasteiger partial charge in [0.1, 0.15) is 5.75 Å². The van der Waals surface area contributed by atoms with Gasteiger partial charge in [0.15, 0.2) is 5.13 Å². The molecule has 0 atom stereocenters. The first kappa shape index (κ1) is 18.7. The highest BCUT2D eigenvalue weighted by Gasteiger charge is 2.14. The summed E-state index contributed by atoms with van der Waals surface area (Å²) in [4.78, 5) is 19.2. The van der Waals surface area contributed by atoms with Crippen LogP contribution >= 0.6 is 11.3 Å². The number of anilines is 1. The Morgan fingerprint density at radius 2 is 2.04 bits per heavy atom. The van der Waals surface area contributed by atoms with E-state index >= 15 is 0 Å². The van der Waals surface area contributed by atoms with Gasteiger partial charge in [-0.15, -0.1) is 11.3 Å². The number of carbonyl (C=O) groups excluding carboxylic acids is 1. The zero-order valence-electron chi connectivity index (χ0n) is 15.4. The van der Waals surface area contributed by atoms with Crippen LogP contribution in [0.3, 0.4) is 0 Å². The number of para-hydroxylation sites is 1. The number of aromatic nitrogens is 1. The molecule has 1 aliphatic rings. The third kappa shape index (κ3) is 5.21. The highest BCUT2D eigenvalue weighted by atomic mass is 32.1. The molecule has 1 fully saturated rings. The Bertz CT molecular complexity index is 711. The van der Waals surface area contributed by atoms with Gasteiger partial charge < -0.3 is 15.0 Å². The van der Waals surface area contributed by atoms with E-state index in [1.165, 1.54) is 19.3 Å². The number of amides is 1. The Hall–Kier alpha value is -2.08. The minimum Gasteiger partial charge on any atom is -0.496 e. The summed E-state index contributed by atoms with van der Waals surface area (Å²) in [6, 6.07) is 7.84. The monoisotopic (exact) mass is 373 g/mol. The van der Waals surface area contributed by atoms with E-state index in [0.717, 1.165) is 41.6 Å². The van der Waals surface area contributed by atoms with Crippen LogP contribution in [0.25, 0.3) is 0 Å². The molecule has 0 aliphatic carbocycles. The standard InChI is InChI=1S/C20H27N3O2S/c1-25-18-8-4-3-7-16(18)9-10-19(24)21-12-11-17-15-26-20(22-17)23-13-5-2-6-14-23/h3-4,7-8,15H,2,5-6,9-14H2,1H3,(H,21,24). The third-order valence-electron chi connectivity index (χ3n) is 4.68. The molecule has 5 nitrogen and oxygen atoms in total. The fourth-order valence-electron chi connectivity index (χ4n) is 3.22. The van der Waals surface area contributed by atoms with E-state index in [-0.39, 0.29) is 5.91 Å². The van der Waals surface area contributed by atoms with Crippen molar-refractivity contribution in [3.63, 3.8) is 0 Å². The van der Waals surface area contributed by atoms with Gasteiger partial charge in [0.25, 0.3) is 0 Å². The van der Waals surface area contributed by atoms with E-state index in [9.17, 15) is 4.79 Å². The maximum atomic E-state index is 12.1. The van der Waals surface area contributed by atoms with E-state index in [1.54, 1.807) is 18.4 Å². The van der Waals surface area contributed by atoms with Crippen molar-refractivity contribution in [3.05, 3.63) is 40.9 Å². The Morgan fingerprint density at radius 3 is 2.85 bits per heavy atom. The van der Waals surface area contributed by atoms with Crippen LogP contribution < -0.4 is 15.0 Å². The van der Waals surface area contributed by atoms with Crippen LogP contribution in [0, 0.1) is 0 Å². The number of hydrogen-bond donors (Lipinski definition) is 1. The summed E-state index contributed by atoms with van der Waals surface area (Å²) in [5.41, 5.74) is 2.14. The first-order chi connectivity index (χ1) is 12.8. The summed E-state index contributed by atoms with van der Waals surface area (Å²) in [5, 5.41) is 6.24. The summed E-state index contributed by atoms with van der Waals surface area (Å²) in [5.74, 6) is 0.912. The topological polar surface area (TPSA) is 54.5 Å². The second kappa shape index (κ2) is 9.57. The van der Waals surface area contributed by atoms with Crippen molar-refractivity contribution >= 4 is 22.4 Å². The minimum absolute atomic E-state index is 0.0717. The molecular weight excluding hydrogens is 346 g/mol. The Morgan fingerprint density at radius 1 is 1.23 bits per heavy atom. The molecule has 0 saturated carbocycles. The third-order valence-corrected chi connectivity index (χ3v) is 5.63. The van der Waals surface area contributed by atoms with Crippen LogP contribution in [0.15, 0.2) is 29.6 Å². The van der Waals surface area contributed by atoms with E-state index in [1.807, 2.05) is 24.3 Å². The zero-order chi connectivity index (χ0) is 18.2. The predicted octanol–water partition coefficient (Wildman–Crippen LogP) is 3.43. The van der Waals surface area contributed by atoms with E-state index in [2.05, 4.69) is 15.6 Å². The lowest BCUT2D eigenvalue weighted by Crippen LogP contribution is -2.29. The Labute approximate surface area is 159 Å². The van der Waals surface area contributed by atoms with Crippen molar-refractivity contribution in [2.24, 2.45) is 0 Å². The second-order valence-corrected chi connectivity index (χ2v) is 7.42. The quantitative estimate of drug-likeness (QED) is 0.770. The van der Waals surface area contributed by atoms with E-state index in [4.69, 9.17) is 9.72 Å². The number of nitrogens with zero attached hydrogens (tertiary/aromatic N) is 2. The summed E-state index contributed by atoms with van der Waals surface area (Å²) >= 11 is 1.71. The molecule has 2 heterocycles. The smallest absolute Gasteiger partial charge is 0.220 e. The van der Waals surface area contributed by atoms with Crippen molar-refractivity contribution in [1.29, 1.82) is 0 Å². The van der Waals surface area contributed by atoms with Crippen LogP contribution in [0.1, 0.15) is 36.9 Å². The molecule has 26 heavy (non-hydrogen) atoms. The van der Waals surface area contributed by atoms with E-state index < -0.39 is 0 Å². The fourth-order valence-corrected chi connectivity index (χ4v) is 4.13. The number of thiazole rings is 1. The molecule has 1 saturated heterocycles. The second-order valence-electron chi connectivity index (χ2n) is 6.58. The van der Waals surface area contributed by atoms with Crippen molar-refractivity contribution in [2.75, 3.05) is 31.6 Å². The van der Waals surface area contributed by atoms with Gasteiger partial charge in [0.05, 0.1) is 12.8 Å². The van der Waals surface area contributed by atoms with Crippen LogP contribution in [0.2, 0.25) is 0 Å². The van der Waals surface area contributed by atoms with Gasteiger partial charge in [-0.05, 0) is 37.3 Å². The fraction of sp³-hybridized carbons (Fsp3) is 0.500. The van der Waals surface area contributed by atoms with Crippen LogP contribution in [-0.4, -0.2) is 37.6 Å². The maximum Gasteiger partial charge on any atom is 0.220 e. The maximum absolute atomic E-state index is 12.1. The predicted molar refractivity (Wildman–Crippen MR) is 106 cm³/mol.